The molecule has 1 heterocycles. The van der Waals surface area contributed by atoms with Crippen LogP contribution in [-0.2, 0) is 0 Å². The smallest absolute Gasteiger partial charge is 0.251 e. The highest BCUT2D eigenvalue weighted by atomic mass is 16.1. The molecule has 0 spiro atoms. The van der Waals surface area contributed by atoms with E-state index in [1.54, 1.807) is 6.07 Å². The highest BCUT2D eigenvalue weighted by Gasteiger charge is 2.14. The molecular weight excluding hydrogens is 250 g/mol. The van der Waals surface area contributed by atoms with Crippen LogP contribution in [0.1, 0.15) is 54.6 Å². The summed E-state index contributed by atoms with van der Waals surface area (Å²) in [6.45, 7) is 2.67. The highest BCUT2D eigenvalue weighted by Crippen LogP contribution is 2.28. The van der Waals surface area contributed by atoms with Crippen molar-refractivity contribution in [2.45, 2.75) is 45.4 Å². The van der Waals surface area contributed by atoms with Crippen molar-refractivity contribution in [3.63, 3.8) is 0 Å². The number of rotatable bonds is 6. The first kappa shape index (κ1) is 14.8. The van der Waals surface area contributed by atoms with Crippen molar-refractivity contribution in [2.75, 3.05) is 18.9 Å². The van der Waals surface area contributed by atoms with E-state index in [1.165, 1.54) is 32.1 Å². The first-order valence-electron chi connectivity index (χ1n) is 7.63. The van der Waals surface area contributed by atoms with Crippen molar-refractivity contribution >= 4 is 11.7 Å². The van der Waals surface area contributed by atoms with Crippen LogP contribution in [0.5, 0.6) is 0 Å². The summed E-state index contributed by atoms with van der Waals surface area (Å²) in [5.74, 6) is 1.63. The number of nitrogens with one attached hydrogen (secondary N) is 2. The number of amides is 1. The van der Waals surface area contributed by atoms with Crippen LogP contribution in [0.2, 0.25) is 0 Å². The summed E-state index contributed by atoms with van der Waals surface area (Å²) >= 11 is 0. The number of carbonyl (C=O) groups is 1. The fourth-order valence-corrected chi connectivity index (χ4v) is 2.92. The zero-order chi connectivity index (χ0) is 14.4. The van der Waals surface area contributed by atoms with Gasteiger partial charge in [-0.2, -0.15) is 0 Å². The first-order chi connectivity index (χ1) is 9.69. The molecule has 1 aliphatic rings. The predicted octanol–water partition coefficient (Wildman–Crippen LogP) is 3.13. The molecule has 0 saturated heterocycles. The highest BCUT2D eigenvalue weighted by molar-refractivity contribution is 5.94. The summed E-state index contributed by atoms with van der Waals surface area (Å²) in [5.41, 5.74) is 1.54. The van der Waals surface area contributed by atoms with E-state index in [0.717, 1.165) is 30.4 Å². The molecule has 1 aliphatic carbocycles. The van der Waals surface area contributed by atoms with Gasteiger partial charge in [-0.3, -0.25) is 4.79 Å². The molecule has 2 N–H and O–H groups in total. The number of pyridine rings is 1. The van der Waals surface area contributed by atoms with Gasteiger partial charge in [0, 0.05) is 24.8 Å². The Hall–Kier alpha value is -1.58. The molecule has 20 heavy (non-hydrogen) atoms. The topological polar surface area (TPSA) is 54.0 Å². The second-order valence-electron chi connectivity index (χ2n) is 5.68. The summed E-state index contributed by atoms with van der Waals surface area (Å²) in [6.07, 6.45) is 7.86. The van der Waals surface area contributed by atoms with Gasteiger partial charge in [-0.25, -0.2) is 4.98 Å². The van der Waals surface area contributed by atoms with E-state index in [4.69, 9.17) is 0 Å². The molecule has 1 amide bonds. The molecule has 1 aromatic rings. The Bertz CT molecular complexity index is 453. The van der Waals surface area contributed by atoms with Crippen molar-refractivity contribution in [1.82, 2.24) is 10.3 Å². The van der Waals surface area contributed by atoms with Crippen LogP contribution in [0.3, 0.4) is 0 Å². The fourth-order valence-electron chi connectivity index (χ4n) is 2.92. The largest absolute Gasteiger partial charge is 0.373 e. The van der Waals surface area contributed by atoms with E-state index in [0.29, 0.717) is 5.56 Å². The third-order valence-electron chi connectivity index (χ3n) is 4.02. The van der Waals surface area contributed by atoms with Crippen LogP contribution in [0.15, 0.2) is 12.1 Å². The number of nitrogens with zero attached hydrogens (tertiary/aromatic N) is 1. The normalized spacial score (nSPS) is 15.3. The van der Waals surface area contributed by atoms with Crippen LogP contribution < -0.4 is 10.6 Å². The molecule has 1 aromatic heterocycles. The van der Waals surface area contributed by atoms with Crippen LogP contribution in [-0.4, -0.2) is 24.5 Å². The van der Waals surface area contributed by atoms with E-state index in [1.807, 2.05) is 20.0 Å². The van der Waals surface area contributed by atoms with E-state index in [9.17, 15) is 4.79 Å². The van der Waals surface area contributed by atoms with Crippen molar-refractivity contribution in [3.05, 3.63) is 23.4 Å². The second-order valence-corrected chi connectivity index (χ2v) is 5.68. The number of aryl methyl sites for hydroxylation is 1. The molecule has 4 heteroatoms. The number of anilines is 1. The van der Waals surface area contributed by atoms with E-state index in [2.05, 4.69) is 15.6 Å². The van der Waals surface area contributed by atoms with Gasteiger partial charge in [0.15, 0.2) is 0 Å². The lowest BCUT2D eigenvalue weighted by molar-refractivity contribution is 0.0952. The maximum Gasteiger partial charge on any atom is 0.251 e. The predicted molar refractivity (Wildman–Crippen MR) is 82.0 cm³/mol. The molecule has 0 unspecified atom stereocenters. The maximum absolute atomic E-state index is 12.1. The molecule has 2 rings (SSSR count). The lowest BCUT2D eigenvalue weighted by atomic mass is 10.0. The number of aromatic nitrogens is 1. The van der Waals surface area contributed by atoms with Crippen molar-refractivity contribution < 1.29 is 4.79 Å². The monoisotopic (exact) mass is 275 g/mol. The van der Waals surface area contributed by atoms with Gasteiger partial charge in [-0.15, -0.1) is 0 Å². The molecule has 0 bridgehead atoms. The minimum Gasteiger partial charge on any atom is -0.373 e. The van der Waals surface area contributed by atoms with Crippen molar-refractivity contribution in [3.8, 4) is 0 Å². The summed E-state index contributed by atoms with van der Waals surface area (Å²) in [4.78, 5) is 16.4. The Kier molecular flexibility index (Phi) is 5.39. The Morgan fingerprint density at radius 1 is 1.35 bits per heavy atom. The van der Waals surface area contributed by atoms with E-state index in [-0.39, 0.29) is 5.91 Å². The zero-order valence-electron chi connectivity index (χ0n) is 12.5. The van der Waals surface area contributed by atoms with Crippen LogP contribution in [0.4, 0.5) is 5.82 Å². The van der Waals surface area contributed by atoms with Gasteiger partial charge in [-0.1, -0.05) is 25.7 Å². The van der Waals surface area contributed by atoms with Crippen LogP contribution in [0.25, 0.3) is 0 Å². The lowest BCUT2D eigenvalue weighted by Gasteiger charge is -2.10. The van der Waals surface area contributed by atoms with Gasteiger partial charge < -0.3 is 10.6 Å². The Morgan fingerprint density at radius 3 is 2.80 bits per heavy atom. The lowest BCUT2D eigenvalue weighted by Crippen LogP contribution is -2.25. The summed E-state index contributed by atoms with van der Waals surface area (Å²) in [7, 11) is 1.81. The molecule has 4 nitrogen and oxygen atoms in total. The maximum atomic E-state index is 12.1. The number of hydrogen-bond donors (Lipinski definition) is 2. The summed E-state index contributed by atoms with van der Waals surface area (Å²) < 4.78 is 0. The van der Waals surface area contributed by atoms with Gasteiger partial charge >= 0.3 is 0 Å². The van der Waals surface area contributed by atoms with Gasteiger partial charge in [0.1, 0.15) is 5.82 Å². The van der Waals surface area contributed by atoms with Gasteiger partial charge in [-0.05, 0) is 37.8 Å². The molecule has 0 radical (unpaired) electrons. The average molecular weight is 275 g/mol. The van der Waals surface area contributed by atoms with Crippen LogP contribution >= 0.6 is 0 Å². The van der Waals surface area contributed by atoms with Gasteiger partial charge in [0.05, 0.1) is 0 Å². The third kappa shape index (κ3) is 4.22. The molecule has 1 fully saturated rings. The Balaban J connectivity index is 1.77. The Morgan fingerprint density at radius 2 is 2.10 bits per heavy atom. The third-order valence-corrected chi connectivity index (χ3v) is 4.02. The quantitative estimate of drug-likeness (QED) is 0.784. The number of carbonyl (C=O) groups excluding carboxylic acids is 1. The molecule has 0 aromatic carbocycles. The van der Waals surface area contributed by atoms with E-state index < -0.39 is 0 Å². The van der Waals surface area contributed by atoms with Gasteiger partial charge in [0.25, 0.3) is 5.91 Å². The van der Waals surface area contributed by atoms with Crippen molar-refractivity contribution in [2.24, 2.45) is 5.92 Å². The Labute approximate surface area is 121 Å². The SMILES string of the molecule is CNc1cc(C(=O)NCCCC2CCCC2)cc(C)n1. The molecule has 0 atom stereocenters. The minimum absolute atomic E-state index is 0.00146. The second kappa shape index (κ2) is 7.27. The fraction of sp³-hybridized carbons (Fsp3) is 0.625. The summed E-state index contributed by atoms with van der Waals surface area (Å²) in [6, 6.07) is 3.62. The van der Waals surface area contributed by atoms with Crippen LogP contribution in [0, 0.1) is 12.8 Å². The first-order valence-corrected chi connectivity index (χ1v) is 7.63. The molecule has 1 saturated carbocycles. The zero-order valence-corrected chi connectivity index (χ0v) is 12.5. The molecular formula is C16H25N3O. The molecule has 0 aliphatic heterocycles. The van der Waals surface area contributed by atoms with E-state index >= 15 is 0 Å². The van der Waals surface area contributed by atoms with Gasteiger partial charge in [0.2, 0.25) is 0 Å². The number of hydrogen-bond acceptors (Lipinski definition) is 3. The van der Waals surface area contributed by atoms with Crippen molar-refractivity contribution in [1.29, 1.82) is 0 Å². The summed E-state index contributed by atoms with van der Waals surface area (Å²) in [5, 5.41) is 5.98. The average Bonchev–Trinajstić information content (AvgIpc) is 2.95. The minimum atomic E-state index is -0.00146. The standard InChI is InChI=1S/C16H25N3O/c1-12-10-14(11-15(17-2)19-12)16(20)18-9-5-8-13-6-3-4-7-13/h10-11,13H,3-9H2,1-2H3,(H,17,19)(H,18,20). The molecule has 110 valence electrons.